The molecule has 0 unspecified atom stereocenters. The number of hydrogen-bond donors (Lipinski definition) is 1. The number of nitrogens with zero attached hydrogens (tertiary/aromatic N) is 1. The van der Waals surface area contributed by atoms with Gasteiger partial charge in [0.15, 0.2) is 11.6 Å². The van der Waals surface area contributed by atoms with Gasteiger partial charge in [0.05, 0.1) is 16.8 Å². The Hall–Kier alpha value is -4.29. The Kier molecular flexibility index (Phi) is 6.66. The first kappa shape index (κ1) is 26.6. The highest BCUT2D eigenvalue weighted by atomic mass is 32.1. The van der Waals surface area contributed by atoms with Crippen molar-refractivity contribution < 1.29 is 14.4 Å². The van der Waals surface area contributed by atoms with Crippen LogP contribution in [0.1, 0.15) is 62.9 Å². The average Bonchev–Trinajstić information content (AvgIpc) is 3.74. The molecule has 42 heavy (non-hydrogen) atoms. The van der Waals surface area contributed by atoms with E-state index < -0.39 is 23.4 Å². The van der Waals surface area contributed by atoms with Crippen LogP contribution < -0.4 is 10.2 Å². The predicted octanol–water partition coefficient (Wildman–Crippen LogP) is 7.34. The summed E-state index contributed by atoms with van der Waals surface area (Å²) in [6, 6.07) is 25.6. The van der Waals surface area contributed by atoms with Crippen LogP contribution in [0.15, 0.2) is 96.4 Å². The molecule has 0 aliphatic carbocycles. The summed E-state index contributed by atoms with van der Waals surface area (Å²) in [5.74, 6) is -1.50. The molecule has 1 amide bonds. The van der Waals surface area contributed by atoms with Crippen LogP contribution in [-0.2, 0) is 16.6 Å². The standard InChI is InChI=1S/C36H32N2O3S/c1-2-3-4-10-23-16-18-25(19-17-23)33(39)31-32(34(40)29-15-9-22-42-29)38-28-14-8-5-11-24(28)20-21-30(38)36(31)26-12-6-7-13-27(26)37-35(36)41/h5-9,11-22,30-32H,2-4,10H2,1H3,(H,37,41)/t30-,31-,32+,36+/m1/s1. The molecule has 6 heteroatoms. The highest BCUT2D eigenvalue weighted by molar-refractivity contribution is 7.12. The van der Waals surface area contributed by atoms with Gasteiger partial charge in [-0.25, -0.2) is 0 Å². The van der Waals surface area contributed by atoms with Gasteiger partial charge >= 0.3 is 0 Å². The fourth-order valence-electron chi connectivity index (χ4n) is 7.28. The third-order valence-corrected chi connectivity index (χ3v) is 10.0. The quantitative estimate of drug-likeness (QED) is 0.177. The molecule has 3 aliphatic heterocycles. The predicted molar refractivity (Wildman–Crippen MR) is 168 cm³/mol. The monoisotopic (exact) mass is 572 g/mol. The second-order valence-electron chi connectivity index (χ2n) is 11.4. The number of thiophene rings is 1. The van der Waals surface area contributed by atoms with E-state index in [-0.39, 0.29) is 17.5 Å². The lowest BCUT2D eigenvalue weighted by molar-refractivity contribution is -0.121. The van der Waals surface area contributed by atoms with Gasteiger partial charge in [0.2, 0.25) is 5.91 Å². The van der Waals surface area contributed by atoms with Gasteiger partial charge in [-0.05, 0) is 53.1 Å². The van der Waals surface area contributed by atoms with Crippen LogP contribution in [0.25, 0.3) is 6.08 Å². The highest BCUT2D eigenvalue weighted by Gasteiger charge is 2.70. The molecule has 1 spiro atoms. The topological polar surface area (TPSA) is 66.5 Å². The molecule has 4 heterocycles. The van der Waals surface area contributed by atoms with Gasteiger partial charge in [-0.15, -0.1) is 11.3 Å². The van der Waals surface area contributed by atoms with Gasteiger partial charge in [0, 0.05) is 16.9 Å². The molecule has 4 aromatic rings. The minimum absolute atomic E-state index is 0.135. The Morgan fingerprint density at radius 2 is 1.69 bits per heavy atom. The van der Waals surface area contributed by atoms with E-state index in [9.17, 15) is 14.4 Å². The zero-order valence-corrected chi connectivity index (χ0v) is 24.3. The number of nitrogens with one attached hydrogen (secondary N) is 1. The van der Waals surface area contributed by atoms with Gasteiger partial charge < -0.3 is 10.2 Å². The van der Waals surface area contributed by atoms with E-state index >= 15 is 0 Å². The number of aryl methyl sites for hydroxylation is 1. The molecule has 5 nitrogen and oxygen atoms in total. The van der Waals surface area contributed by atoms with Gasteiger partial charge in [0.25, 0.3) is 0 Å². The molecule has 1 fully saturated rings. The number of unbranched alkanes of at least 4 members (excludes halogenated alkanes) is 2. The zero-order valence-electron chi connectivity index (χ0n) is 23.5. The number of carbonyl (C=O) groups is 3. The Bertz CT molecular complexity index is 1710. The maximum atomic E-state index is 14.9. The van der Waals surface area contributed by atoms with Crippen LogP contribution >= 0.6 is 11.3 Å². The smallest absolute Gasteiger partial charge is 0.238 e. The molecule has 0 bridgehead atoms. The molecule has 0 radical (unpaired) electrons. The van der Waals surface area contributed by atoms with Crippen molar-refractivity contribution in [3.63, 3.8) is 0 Å². The summed E-state index contributed by atoms with van der Waals surface area (Å²) in [5.41, 5.74) is 3.72. The van der Waals surface area contributed by atoms with E-state index in [1.165, 1.54) is 23.3 Å². The van der Waals surface area contributed by atoms with Gasteiger partial charge in [-0.1, -0.05) is 98.6 Å². The molecule has 7 rings (SSSR count). The minimum atomic E-state index is -1.28. The summed E-state index contributed by atoms with van der Waals surface area (Å²) in [5, 5.41) is 4.98. The van der Waals surface area contributed by atoms with E-state index in [0.717, 1.165) is 36.1 Å². The third-order valence-electron chi connectivity index (χ3n) is 9.16. The van der Waals surface area contributed by atoms with Crippen molar-refractivity contribution in [2.75, 3.05) is 10.2 Å². The Morgan fingerprint density at radius 3 is 2.48 bits per heavy atom. The van der Waals surface area contributed by atoms with Crippen LogP contribution in [0.4, 0.5) is 11.4 Å². The summed E-state index contributed by atoms with van der Waals surface area (Å²) < 4.78 is 0. The van der Waals surface area contributed by atoms with Crippen LogP contribution in [0.5, 0.6) is 0 Å². The Labute approximate surface area is 249 Å². The van der Waals surface area contributed by atoms with E-state index in [1.54, 1.807) is 0 Å². The first-order chi connectivity index (χ1) is 20.6. The molecule has 3 aliphatic rings. The maximum Gasteiger partial charge on any atom is 0.238 e. The van der Waals surface area contributed by atoms with Crippen LogP contribution in [-0.4, -0.2) is 29.6 Å². The lowest BCUT2D eigenvalue weighted by atomic mass is 9.64. The minimum Gasteiger partial charge on any atom is -0.352 e. The van der Waals surface area contributed by atoms with Crippen LogP contribution in [0.2, 0.25) is 0 Å². The summed E-state index contributed by atoms with van der Waals surface area (Å²) in [4.78, 5) is 46.5. The molecule has 4 atom stereocenters. The second kappa shape index (κ2) is 10.5. The number of Topliss-reactive ketones (excluding diaryl/α,β-unsaturated/α-hetero) is 2. The van der Waals surface area contributed by atoms with E-state index in [4.69, 9.17) is 0 Å². The van der Waals surface area contributed by atoms with Crippen molar-refractivity contribution in [3.05, 3.63) is 124 Å². The number of hydrogen-bond acceptors (Lipinski definition) is 5. The number of anilines is 2. The van der Waals surface area contributed by atoms with E-state index in [0.29, 0.717) is 16.1 Å². The van der Waals surface area contributed by atoms with Crippen molar-refractivity contribution in [2.45, 2.75) is 50.1 Å². The van der Waals surface area contributed by atoms with Crippen molar-refractivity contribution in [1.82, 2.24) is 0 Å². The zero-order chi connectivity index (χ0) is 28.8. The maximum absolute atomic E-state index is 14.9. The second-order valence-corrected chi connectivity index (χ2v) is 12.4. The molecule has 1 aromatic heterocycles. The van der Waals surface area contributed by atoms with Crippen molar-refractivity contribution >= 4 is 46.3 Å². The number of amides is 1. The summed E-state index contributed by atoms with van der Waals surface area (Å²) >= 11 is 1.37. The third kappa shape index (κ3) is 3.92. The van der Waals surface area contributed by atoms with Crippen molar-refractivity contribution in [2.24, 2.45) is 5.92 Å². The molecule has 0 saturated carbocycles. The Morgan fingerprint density at radius 1 is 0.905 bits per heavy atom. The number of carbonyl (C=O) groups excluding carboxylic acids is 3. The highest BCUT2D eigenvalue weighted by Crippen LogP contribution is 2.58. The molecule has 210 valence electrons. The molecule has 3 aromatic carbocycles. The lowest BCUT2D eigenvalue weighted by Gasteiger charge is -2.37. The van der Waals surface area contributed by atoms with E-state index in [2.05, 4.69) is 17.1 Å². The van der Waals surface area contributed by atoms with Gasteiger partial charge in [-0.3, -0.25) is 14.4 Å². The van der Waals surface area contributed by atoms with Crippen molar-refractivity contribution in [3.8, 4) is 0 Å². The number of rotatable bonds is 8. The van der Waals surface area contributed by atoms with Crippen LogP contribution in [0.3, 0.4) is 0 Å². The van der Waals surface area contributed by atoms with Gasteiger partial charge in [0.1, 0.15) is 11.5 Å². The fraction of sp³-hybridized carbons (Fsp3) is 0.250. The first-order valence-electron chi connectivity index (χ1n) is 14.7. The van der Waals surface area contributed by atoms with Crippen molar-refractivity contribution in [1.29, 1.82) is 0 Å². The number of ketones is 2. The van der Waals surface area contributed by atoms with Gasteiger partial charge in [-0.2, -0.15) is 0 Å². The summed E-state index contributed by atoms with van der Waals surface area (Å²) in [6.45, 7) is 2.19. The average molecular weight is 573 g/mol. The molecular formula is C36H32N2O3S. The number of para-hydroxylation sites is 2. The SMILES string of the molecule is CCCCCc1ccc(C(=O)[C@H]2[C@@H](C(=O)c3cccs3)N3c4ccccc4C=C[C@@H]3[C@]23C(=O)Nc2ccccc23)cc1. The fourth-order valence-corrected chi connectivity index (χ4v) is 7.98. The molecule has 1 N–H and O–H groups in total. The Balaban J connectivity index is 1.43. The number of benzene rings is 3. The summed E-state index contributed by atoms with van der Waals surface area (Å²) in [7, 11) is 0. The lowest BCUT2D eigenvalue weighted by Crippen LogP contribution is -2.51. The van der Waals surface area contributed by atoms with Crippen LogP contribution in [0, 0.1) is 5.92 Å². The molecular weight excluding hydrogens is 540 g/mol. The van der Waals surface area contributed by atoms with E-state index in [1.807, 2.05) is 102 Å². The largest absolute Gasteiger partial charge is 0.352 e. The first-order valence-corrected chi connectivity index (χ1v) is 15.6. The normalized spacial score (nSPS) is 23.4. The molecule has 1 saturated heterocycles. The number of fused-ring (bicyclic) bond motifs is 6. The summed E-state index contributed by atoms with van der Waals surface area (Å²) in [6.07, 6.45) is 8.42.